The number of hydrogen-bond acceptors (Lipinski definition) is 2. The first-order valence-corrected chi connectivity index (χ1v) is 7.17. The number of hydrogen-bond donors (Lipinski definition) is 1. The molecule has 0 saturated carbocycles. The Bertz CT molecular complexity index is 346. The fourth-order valence-corrected chi connectivity index (χ4v) is 2.51. The minimum absolute atomic E-state index is 0.546. The van der Waals surface area contributed by atoms with Gasteiger partial charge in [-0.25, -0.2) is 0 Å². The number of benzene rings is 1. The van der Waals surface area contributed by atoms with Crippen LogP contribution in [-0.4, -0.2) is 13.7 Å². The van der Waals surface area contributed by atoms with Crippen molar-refractivity contribution in [3.63, 3.8) is 0 Å². The summed E-state index contributed by atoms with van der Waals surface area (Å²) in [5.74, 6) is 0.546. The zero-order valence-corrected chi connectivity index (χ0v) is 12.6. The number of unbranched alkanes of at least 4 members (excludes halogenated alkanes) is 3. The van der Waals surface area contributed by atoms with Crippen LogP contribution in [0.25, 0.3) is 0 Å². The summed E-state index contributed by atoms with van der Waals surface area (Å²) >= 11 is 12.2. The first-order valence-electron chi connectivity index (χ1n) is 6.41. The van der Waals surface area contributed by atoms with Gasteiger partial charge in [-0.1, -0.05) is 49.4 Å². The summed E-state index contributed by atoms with van der Waals surface area (Å²) in [6.07, 6.45) is 5.07. The van der Waals surface area contributed by atoms with Gasteiger partial charge in [-0.2, -0.15) is 0 Å². The average Bonchev–Trinajstić information content (AvgIpc) is 2.33. The van der Waals surface area contributed by atoms with Gasteiger partial charge in [0.2, 0.25) is 0 Å². The summed E-state index contributed by atoms with van der Waals surface area (Å²) in [4.78, 5) is 0. The van der Waals surface area contributed by atoms with E-state index in [0.717, 1.165) is 18.7 Å². The predicted octanol–water partition coefficient (Wildman–Crippen LogP) is 4.67. The van der Waals surface area contributed by atoms with Crippen molar-refractivity contribution >= 4 is 23.2 Å². The van der Waals surface area contributed by atoms with Crippen LogP contribution in [0.3, 0.4) is 0 Å². The Morgan fingerprint density at radius 1 is 1.11 bits per heavy atom. The third-order valence-electron chi connectivity index (χ3n) is 2.80. The van der Waals surface area contributed by atoms with Crippen molar-refractivity contribution in [3.05, 3.63) is 27.7 Å². The van der Waals surface area contributed by atoms with E-state index in [1.165, 1.54) is 25.7 Å². The largest absolute Gasteiger partial charge is 0.494 e. The Morgan fingerprint density at radius 3 is 2.33 bits per heavy atom. The molecule has 0 radical (unpaired) electrons. The van der Waals surface area contributed by atoms with E-state index >= 15 is 0 Å². The van der Waals surface area contributed by atoms with E-state index in [1.54, 1.807) is 7.11 Å². The first kappa shape index (κ1) is 15.6. The van der Waals surface area contributed by atoms with Gasteiger partial charge in [0.15, 0.2) is 5.75 Å². The van der Waals surface area contributed by atoms with E-state index in [0.29, 0.717) is 15.8 Å². The molecule has 0 atom stereocenters. The third kappa shape index (κ3) is 5.05. The fraction of sp³-hybridized carbons (Fsp3) is 0.571. The molecule has 4 heteroatoms. The highest BCUT2D eigenvalue weighted by atomic mass is 35.5. The molecular formula is C14H21Cl2NO. The zero-order valence-electron chi connectivity index (χ0n) is 11.1. The van der Waals surface area contributed by atoms with Gasteiger partial charge >= 0.3 is 0 Å². The zero-order chi connectivity index (χ0) is 13.4. The van der Waals surface area contributed by atoms with E-state index in [2.05, 4.69) is 12.2 Å². The molecule has 0 heterocycles. The maximum atomic E-state index is 6.08. The highest BCUT2D eigenvalue weighted by Crippen LogP contribution is 2.33. The van der Waals surface area contributed by atoms with Crippen molar-refractivity contribution in [2.24, 2.45) is 0 Å². The SMILES string of the molecule is CCCCCCNCc1cc(Cl)c(OC)c(Cl)c1. The van der Waals surface area contributed by atoms with Crippen molar-refractivity contribution in [1.82, 2.24) is 5.32 Å². The quantitative estimate of drug-likeness (QED) is 0.702. The standard InChI is InChI=1S/C14H21Cl2NO/c1-3-4-5-6-7-17-10-11-8-12(15)14(18-2)13(16)9-11/h8-9,17H,3-7,10H2,1-2H3. The molecule has 1 aromatic carbocycles. The van der Waals surface area contributed by atoms with Crippen LogP contribution < -0.4 is 10.1 Å². The Kier molecular flexibility index (Phi) is 7.48. The molecule has 0 aliphatic heterocycles. The normalized spacial score (nSPS) is 10.7. The Morgan fingerprint density at radius 2 is 1.78 bits per heavy atom. The molecule has 0 fully saturated rings. The Hall–Kier alpha value is -0.440. The lowest BCUT2D eigenvalue weighted by Crippen LogP contribution is -2.14. The van der Waals surface area contributed by atoms with Gasteiger partial charge in [0.05, 0.1) is 17.2 Å². The summed E-state index contributed by atoms with van der Waals surface area (Å²) in [5.41, 5.74) is 1.08. The molecule has 102 valence electrons. The number of nitrogens with one attached hydrogen (secondary N) is 1. The fourth-order valence-electron chi connectivity index (χ4n) is 1.82. The lowest BCUT2D eigenvalue weighted by atomic mass is 10.2. The highest BCUT2D eigenvalue weighted by Gasteiger charge is 2.08. The maximum Gasteiger partial charge on any atom is 0.156 e. The second kappa shape index (κ2) is 8.63. The van der Waals surface area contributed by atoms with E-state index in [9.17, 15) is 0 Å². The number of rotatable bonds is 8. The Labute approximate surface area is 120 Å². The minimum Gasteiger partial charge on any atom is -0.494 e. The molecule has 0 aliphatic rings. The average molecular weight is 290 g/mol. The number of halogens is 2. The van der Waals surface area contributed by atoms with Crippen LogP contribution in [0.5, 0.6) is 5.75 Å². The molecule has 0 amide bonds. The lowest BCUT2D eigenvalue weighted by Gasteiger charge is -2.09. The molecular weight excluding hydrogens is 269 g/mol. The van der Waals surface area contributed by atoms with Gasteiger partial charge in [-0.3, -0.25) is 0 Å². The lowest BCUT2D eigenvalue weighted by molar-refractivity contribution is 0.415. The summed E-state index contributed by atoms with van der Waals surface area (Å²) in [7, 11) is 1.57. The summed E-state index contributed by atoms with van der Waals surface area (Å²) in [6, 6.07) is 3.79. The molecule has 0 saturated heterocycles. The van der Waals surface area contributed by atoms with Crippen molar-refractivity contribution < 1.29 is 4.74 Å². The topological polar surface area (TPSA) is 21.3 Å². The van der Waals surface area contributed by atoms with E-state index in [-0.39, 0.29) is 0 Å². The second-order valence-electron chi connectivity index (χ2n) is 4.33. The van der Waals surface area contributed by atoms with Crippen molar-refractivity contribution in [3.8, 4) is 5.75 Å². The molecule has 0 aromatic heterocycles. The molecule has 0 unspecified atom stereocenters. The van der Waals surface area contributed by atoms with E-state index in [4.69, 9.17) is 27.9 Å². The van der Waals surface area contributed by atoms with Crippen LogP contribution in [0.4, 0.5) is 0 Å². The van der Waals surface area contributed by atoms with Crippen LogP contribution in [-0.2, 0) is 6.54 Å². The monoisotopic (exact) mass is 289 g/mol. The van der Waals surface area contributed by atoms with Crippen molar-refractivity contribution in [1.29, 1.82) is 0 Å². The number of ether oxygens (including phenoxy) is 1. The Balaban J connectivity index is 2.39. The highest BCUT2D eigenvalue weighted by molar-refractivity contribution is 6.37. The van der Waals surface area contributed by atoms with Gasteiger partial charge < -0.3 is 10.1 Å². The van der Waals surface area contributed by atoms with Gasteiger partial charge in [-0.15, -0.1) is 0 Å². The molecule has 1 N–H and O–H groups in total. The number of methoxy groups -OCH3 is 1. The third-order valence-corrected chi connectivity index (χ3v) is 3.36. The first-order chi connectivity index (χ1) is 8.69. The smallest absolute Gasteiger partial charge is 0.156 e. The van der Waals surface area contributed by atoms with Crippen molar-refractivity contribution in [2.75, 3.05) is 13.7 Å². The second-order valence-corrected chi connectivity index (χ2v) is 5.14. The predicted molar refractivity (Wildman–Crippen MR) is 78.9 cm³/mol. The van der Waals surface area contributed by atoms with Gasteiger partial charge in [0, 0.05) is 6.54 Å². The van der Waals surface area contributed by atoms with Gasteiger partial charge in [0.25, 0.3) is 0 Å². The summed E-state index contributed by atoms with van der Waals surface area (Å²) < 4.78 is 5.12. The van der Waals surface area contributed by atoms with E-state index in [1.807, 2.05) is 12.1 Å². The van der Waals surface area contributed by atoms with Crippen LogP contribution in [0.15, 0.2) is 12.1 Å². The molecule has 2 nitrogen and oxygen atoms in total. The van der Waals surface area contributed by atoms with Crippen LogP contribution in [0.2, 0.25) is 10.0 Å². The van der Waals surface area contributed by atoms with Crippen LogP contribution in [0.1, 0.15) is 38.2 Å². The molecule has 0 aliphatic carbocycles. The van der Waals surface area contributed by atoms with Gasteiger partial charge in [-0.05, 0) is 30.7 Å². The molecule has 1 aromatic rings. The molecule has 0 spiro atoms. The van der Waals surface area contributed by atoms with Crippen molar-refractivity contribution in [2.45, 2.75) is 39.2 Å². The summed E-state index contributed by atoms with van der Waals surface area (Å²) in [6.45, 7) is 4.03. The summed E-state index contributed by atoms with van der Waals surface area (Å²) in [5, 5.41) is 4.52. The van der Waals surface area contributed by atoms with E-state index < -0.39 is 0 Å². The maximum absolute atomic E-state index is 6.08. The molecule has 1 rings (SSSR count). The van der Waals surface area contributed by atoms with Crippen LogP contribution >= 0.6 is 23.2 Å². The van der Waals surface area contributed by atoms with Gasteiger partial charge in [0.1, 0.15) is 0 Å². The minimum atomic E-state index is 0.546. The molecule has 18 heavy (non-hydrogen) atoms. The molecule has 0 bridgehead atoms. The van der Waals surface area contributed by atoms with Crippen LogP contribution in [0, 0.1) is 0 Å².